The highest BCUT2D eigenvalue weighted by atomic mass is 16.2. The smallest absolute Gasteiger partial charge is 0.232 e. The Bertz CT molecular complexity index is 464. The third-order valence-corrected chi connectivity index (χ3v) is 4.28. The highest BCUT2D eigenvalue weighted by Crippen LogP contribution is 2.42. The number of anilines is 1. The summed E-state index contributed by atoms with van der Waals surface area (Å²) in [5.74, 6) is 0.783. The second-order valence-corrected chi connectivity index (χ2v) is 5.29. The fourth-order valence-electron chi connectivity index (χ4n) is 3.31. The van der Waals surface area contributed by atoms with E-state index in [1.165, 1.54) is 11.1 Å². The second kappa shape index (κ2) is 4.73. The minimum atomic E-state index is 0.0774. The number of amides is 1. The van der Waals surface area contributed by atoms with Gasteiger partial charge >= 0.3 is 0 Å². The van der Waals surface area contributed by atoms with Gasteiger partial charge < -0.3 is 10.6 Å². The number of nitrogens with one attached hydrogen (secondary N) is 2. The first-order chi connectivity index (χ1) is 8.81. The molecule has 1 unspecified atom stereocenters. The van der Waals surface area contributed by atoms with Crippen LogP contribution in [-0.4, -0.2) is 19.0 Å². The van der Waals surface area contributed by atoms with Crippen molar-refractivity contribution in [1.29, 1.82) is 0 Å². The SMILES string of the molecule is CCc1cccc2c1NC(=O)C2C1CCNCC1. The van der Waals surface area contributed by atoms with Gasteiger partial charge in [0.05, 0.1) is 5.92 Å². The molecule has 3 heteroatoms. The van der Waals surface area contributed by atoms with E-state index in [9.17, 15) is 4.79 Å². The Morgan fingerprint density at radius 1 is 1.28 bits per heavy atom. The molecule has 1 fully saturated rings. The van der Waals surface area contributed by atoms with E-state index in [-0.39, 0.29) is 11.8 Å². The largest absolute Gasteiger partial charge is 0.325 e. The summed E-state index contributed by atoms with van der Waals surface area (Å²) >= 11 is 0. The highest BCUT2D eigenvalue weighted by molar-refractivity contribution is 6.03. The van der Waals surface area contributed by atoms with Crippen LogP contribution in [0.2, 0.25) is 0 Å². The van der Waals surface area contributed by atoms with Crippen LogP contribution in [0.25, 0.3) is 0 Å². The zero-order valence-corrected chi connectivity index (χ0v) is 10.8. The first-order valence-corrected chi connectivity index (χ1v) is 6.94. The maximum absolute atomic E-state index is 12.3. The number of hydrogen-bond acceptors (Lipinski definition) is 2. The predicted octanol–water partition coefficient (Wildman–Crippen LogP) is 2.28. The lowest BCUT2D eigenvalue weighted by Gasteiger charge is -2.26. The molecule has 1 saturated heterocycles. The molecule has 0 bridgehead atoms. The minimum absolute atomic E-state index is 0.0774. The Morgan fingerprint density at radius 2 is 2.06 bits per heavy atom. The van der Waals surface area contributed by atoms with E-state index in [1.807, 2.05) is 0 Å². The van der Waals surface area contributed by atoms with E-state index >= 15 is 0 Å². The fourth-order valence-corrected chi connectivity index (χ4v) is 3.31. The third kappa shape index (κ3) is 1.83. The van der Waals surface area contributed by atoms with Gasteiger partial charge in [-0.05, 0) is 49.4 Å². The summed E-state index contributed by atoms with van der Waals surface area (Å²) in [6.07, 6.45) is 3.18. The molecule has 18 heavy (non-hydrogen) atoms. The summed E-state index contributed by atoms with van der Waals surface area (Å²) in [6, 6.07) is 6.33. The van der Waals surface area contributed by atoms with Crippen LogP contribution in [0.3, 0.4) is 0 Å². The Morgan fingerprint density at radius 3 is 2.78 bits per heavy atom. The van der Waals surface area contributed by atoms with Crippen molar-refractivity contribution in [3.8, 4) is 0 Å². The van der Waals surface area contributed by atoms with Crippen LogP contribution in [0.1, 0.15) is 36.8 Å². The van der Waals surface area contributed by atoms with E-state index in [4.69, 9.17) is 0 Å². The van der Waals surface area contributed by atoms with Crippen molar-refractivity contribution in [3.05, 3.63) is 29.3 Å². The highest BCUT2D eigenvalue weighted by Gasteiger charge is 2.37. The average molecular weight is 244 g/mol. The number of benzene rings is 1. The fraction of sp³-hybridized carbons (Fsp3) is 0.533. The van der Waals surface area contributed by atoms with Gasteiger partial charge in [-0.2, -0.15) is 0 Å². The van der Waals surface area contributed by atoms with Crippen molar-refractivity contribution in [2.75, 3.05) is 18.4 Å². The molecular formula is C15H20N2O. The molecule has 0 saturated carbocycles. The summed E-state index contributed by atoms with van der Waals surface area (Å²) in [7, 11) is 0. The number of piperidine rings is 1. The van der Waals surface area contributed by atoms with Gasteiger partial charge in [0, 0.05) is 5.69 Å². The Kier molecular flexibility index (Phi) is 3.08. The molecular weight excluding hydrogens is 224 g/mol. The van der Waals surface area contributed by atoms with Crippen LogP contribution in [-0.2, 0) is 11.2 Å². The van der Waals surface area contributed by atoms with Gasteiger partial charge in [-0.1, -0.05) is 25.1 Å². The van der Waals surface area contributed by atoms with Gasteiger partial charge in [-0.25, -0.2) is 0 Å². The summed E-state index contributed by atoms with van der Waals surface area (Å²) < 4.78 is 0. The molecule has 0 aliphatic carbocycles. The second-order valence-electron chi connectivity index (χ2n) is 5.29. The van der Waals surface area contributed by atoms with Gasteiger partial charge in [0.2, 0.25) is 5.91 Å². The first kappa shape index (κ1) is 11.7. The summed E-state index contributed by atoms with van der Waals surface area (Å²) in [4.78, 5) is 12.3. The standard InChI is InChI=1S/C15H20N2O/c1-2-10-4-3-5-12-13(15(18)17-14(10)12)11-6-8-16-9-7-11/h3-5,11,13,16H,2,6-9H2,1H3,(H,17,18). The van der Waals surface area contributed by atoms with Gasteiger partial charge in [0.15, 0.2) is 0 Å². The van der Waals surface area contributed by atoms with Gasteiger partial charge in [-0.3, -0.25) is 4.79 Å². The van der Waals surface area contributed by atoms with E-state index in [0.717, 1.165) is 38.0 Å². The van der Waals surface area contributed by atoms with Crippen molar-refractivity contribution in [2.45, 2.75) is 32.1 Å². The maximum atomic E-state index is 12.3. The van der Waals surface area contributed by atoms with Gasteiger partial charge in [-0.15, -0.1) is 0 Å². The minimum Gasteiger partial charge on any atom is -0.325 e. The van der Waals surface area contributed by atoms with Crippen molar-refractivity contribution in [2.24, 2.45) is 5.92 Å². The summed E-state index contributed by atoms with van der Waals surface area (Å²) in [6.45, 7) is 4.22. The van der Waals surface area contributed by atoms with Crippen LogP contribution in [0.5, 0.6) is 0 Å². The lowest BCUT2D eigenvalue weighted by molar-refractivity contribution is -0.118. The van der Waals surface area contributed by atoms with E-state index in [0.29, 0.717) is 5.92 Å². The topological polar surface area (TPSA) is 41.1 Å². The van der Waals surface area contributed by atoms with Crippen LogP contribution in [0.4, 0.5) is 5.69 Å². The van der Waals surface area contributed by atoms with E-state index in [2.05, 4.69) is 35.8 Å². The molecule has 2 N–H and O–H groups in total. The summed E-state index contributed by atoms with van der Waals surface area (Å²) in [5, 5.41) is 6.47. The zero-order valence-electron chi connectivity index (χ0n) is 10.8. The maximum Gasteiger partial charge on any atom is 0.232 e. The molecule has 0 spiro atoms. The Hall–Kier alpha value is -1.35. The van der Waals surface area contributed by atoms with E-state index < -0.39 is 0 Å². The van der Waals surface area contributed by atoms with Gasteiger partial charge in [0.1, 0.15) is 0 Å². The molecule has 1 aromatic carbocycles. The Balaban J connectivity index is 1.96. The predicted molar refractivity (Wildman–Crippen MR) is 72.8 cm³/mol. The van der Waals surface area contributed by atoms with Crippen LogP contribution in [0.15, 0.2) is 18.2 Å². The lowest BCUT2D eigenvalue weighted by atomic mass is 9.81. The molecule has 3 nitrogen and oxygen atoms in total. The molecule has 0 aromatic heterocycles. The monoisotopic (exact) mass is 244 g/mol. The number of fused-ring (bicyclic) bond motifs is 1. The molecule has 1 aromatic rings. The van der Waals surface area contributed by atoms with E-state index in [1.54, 1.807) is 0 Å². The number of hydrogen-bond donors (Lipinski definition) is 2. The molecule has 96 valence electrons. The van der Waals surface area contributed by atoms with Crippen LogP contribution in [0, 0.1) is 5.92 Å². The average Bonchev–Trinajstić information content (AvgIpc) is 2.75. The third-order valence-electron chi connectivity index (χ3n) is 4.28. The van der Waals surface area contributed by atoms with Crippen molar-refractivity contribution >= 4 is 11.6 Å². The Labute approximate surface area is 108 Å². The van der Waals surface area contributed by atoms with Crippen molar-refractivity contribution in [1.82, 2.24) is 5.32 Å². The van der Waals surface area contributed by atoms with Crippen LogP contribution < -0.4 is 10.6 Å². The normalized spacial score (nSPS) is 23.8. The van der Waals surface area contributed by atoms with Crippen molar-refractivity contribution in [3.63, 3.8) is 0 Å². The molecule has 2 heterocycles. The van der Waals surface area contributed by atoms with Gasteiger partial charge in [0.25, 0.3) is 0 Å². The molecule has 2 aliphatic rings. The first-order valence-electron chi connectivity index (χ1n) is 6.94. The summed E-state index contributed by atoms with van der Waals surface area (Å²) in [5.41, 5.74) is 3.58. The number of aryl methyl sites for hydroxylation is 1. The molecule has 0 radical (unpaired) electrons. The molecule has 1 amide bonds. The number of para-hydroxylation sites is 1. The molecule has 3 rings (SSSR count). The molecule has 2 aliphatic heterocycles. The number of rotatable bonds is 2. The van der Waals surface area contributed by atoms with Crippen LogP contribution >= 0.6 is 0 Å². The zero-order chi connectivity index (χ0) is 12.5. The number of carbonyl (C=O) groups is 1. The quantitative estimate of drug-likeness (QED) is 0.838. The number of carbonyl (C=O) groups excluding carboxylic acids is 1. The van der Waals surface area contributed by atoms with Crippen molar-refractivity contribution < 1.29 is 4.79 Å². The lowest BCUT2D eigenvalue weighted by Crippen LogP contribution is -2.33. The molecule has 1 atom stereocenters.